The normalized spacial score (nSPS) is 10.5. The molecule has 0 atom stereocenters. The van der Waals surface area contributed by atoms with Gasteiger partial charge in [-0.2, -0.15) is 0 Å². The van der Waals surface area contributed by atoms with Gasteiger partial charge in [0, 0.05) is 17.8 Å². The fourth-order valence-corrected chi connectivity index (χ4v) is 3.87. The first kappa shape index (κ1) is 28.4. The van der Waals surface area contributed by atoms with E-state index in [1.807, 2.05) is 12.1 Å². The SMILES string of the molecule is CCCCCc1ccc(C(=O)N(CC(=O)NCC(=O)Nc2ccc(OC)cc2)Cc2ccc(F)cc2)cc1. The molecule has 0 aliphatic carbocycles. The summed E-state index contributed by atoms with van der Waals surface area (Å²) < 4.78 is 18.5. The Labute approximate surface area is 223 Å². The van der Waals surface area contributed by atoms with Gasteiger partial charge in [-0.1, -0.05) is 44.0 Å². The van der Waals surface area contributed by atoms with E-state index < -0.39 is 11.8 Å². The van der Waals surface area contributed by atoms with Crippen molar-refractivity contribution >= 4 is 23.4 Å². The highest BCUT2D eigenvalue weighted by Crippen LogP contribution is 2.15. The molecule has 0 saturated heterocycles. The maximum Gasteiger partial charge on any atom is 0.254 e. The first-order chi connectivity index (χ1) is 18.4. The molecule has 0 aromatic heterocycles. The van der Waals surface area contributed by atoms with Crippen LogP contribution in [0.2, 0.25) is 0 Å². The van der Waals surface area contributed by atoms with Crippen LogP contribution in [0.1, 0.15) is 47.7 Å². The Bertz CT molecular complexity index is 1200. The number of carbonyl (C=O) groups excluding carboxylic acids is 3. The number of unbranched alkanes of at least 4 members (excludes halogenated alkanes) is 2. The van der Waals surface area contributed by atoms with Gasteiger partial charge >= 0.3 is 0 Å². The second-order valence-corrected chi connectivity index (χ2v) is 9.00. The highest BCUT2D eigenvalue weighted by atomic mass is 19.1. The molecule has 38 heavy (non-hydrogen) atoms. The Hall–Kier alpha value is -4.20. The molecule has 0 fully saturated rings. The molecule has 0 aliphatic heterocycles. The standard InChI is InChI=1S/C30H34FN3O4/c1-3-4-5-6-22-7-11-24(12-8-22)30(37)34(20-23-9-13-25(31)14-10-23)21-29(36)32-19-28(35)33-26-15-17-27(38-2)18-16-26/h7-18H,3-6,19-21H2,1-2H3,(H,32,36)(H,33,35). The third kappa shape index (κ3) is 9.03. The van der Waals surface area contributed by atoms with Crippen LogP contribution in [0.5, 0.6) is 5.75 Å². The van der Waals surface area contributed by atoms with Crippen LogP contribution in [-0.2, 0) is 22.6 Å². The average Bonchev–Trinajstić information content (AvgIpc) is 2.93. The molecule has 200 valence electrons. The monoisotopic (exact) mass is 519 g/mol. The summed E-state index contributed by atoms with van der Waals surface area (Å²) in [4.78, 5) is 39.7. The zero-order valence-corrected chi connectivity index (χ0v) is 21.8. The van der Waals surface area contributed by atoms with Gasteiger partial charge in [0.2, 0.25) is 11.8 Å². The van der Waals surface area contributed by atoms with Gasteiger partial charge < -0.3 is 20.3 Å². The lowest BCUT2D eigenvalue weighted by molar-refractivity contribution is -0.124. The van der Waals surface area contributed by atoms with Crippen molar-refractivity contribution < 1.29 is 23.5 Å². The number of ether oxygens (including phenoxy) is 1. The number of aryl methyl sites for hydroxylation is 1. The Morgan fingerprint density at radius 3 is 2.13 bits per heavy atom. The van der Waals surface area contributed by atoms with E-state index in [9.17, 15) is 18.8 Å². The van der Waals surface area contributed by atoms with Gasteiger partial charge in [0.05, 0.1) is 13.7 Å². The first-order valence-corrected chi connectivity index (χ1v) is 12.7. The third-order valence-electron chi connectivity index (χ3n) is 6.00. The lowest BCUT2D eigenvalue weighted by Gasteiger charge is -2.23. The number of nitrogens with one attached hydrogen (secondary N) is 2. The molecule has 0 heterocycles. The molecule has 2 N–H and O–H groups in total. The number of hydrogen-bond acceptors (Lipinski definition) is 4. The molecule has 0 saturated carbocycles. The van der Waals surface area contributed by atoms with Crippen molar-refractivity contribution in [2.24, 2.45) is 0 Å². The largest absolute Gasteiger partial charge is 0.497 e. The maximum atomic E-state index is 13.4. The molecule has 8 heteroatoms. The fourth-order valence-electron chi connectivity index (χ4n) is 3.87. The first-order valence-electron chi connectivity index (χ1n) is 12.7. The topological polar surface area (TPSA) is 87.7 Å². The second kappa shape index (κ2) is 14.5. The Morgan fingerprint density at radius 1 is 0.842 bits per heavy atom. The molecule has 3 aromatic carbocycles. The molecule has 0 radical (unpaired) electrons. The summed E-state index contributed by atoms with van der Waals surface area (Å²) in [6.07, 6.45) is 4.33. The Balaban J connectivity index is 1.62. The minimum Gasteiger partial charge on any atom is -0.497 e. The van der Waals surface area contributed by atoms with Gasteiger partial charge in [-0.25, -0.2) is 4.39 Å². The number of benzene rings is 3. The van der Waals surface area contributed by atoms with Crippen LogP contribution in [0.25, 0.3) is 0 Å². The smallest absolute Gasteiger partial charge is 0.254 e. The van der Waals surface area contributed by atoms with Crippen LogP contribution in [0.3, 0.4) is 0 Å². The molecule has 7 nitrogen and oxygen atoms in total. The van der Waals surface area contributed by atoms with Crippen LogP contribution in [0.4, 0.5) is 10.1 Å². The number of nitrogens with zero attached hydrogens (tertiary/aromatic N) is 1. The summed E-state index contributed by atoms with van der Waals surface area (Å²) in [7, 11) is 1.55. The lowest BCUT2D eigenvalue weighted by Crippen LogP contribution is -2.42. The molecule has 3 amide bonds. The molecule has 0 unspecified atom stereocenters. The maximum absolute atomic E-state index is 13.4. The van der Waals surface area contributed by atoms with E-state index in [4.69, 9.17) is 4.74 Å². The summed E-state index contributed by atoms with van der Waals surface area (Å²) in [6.45, 7) is 1.75. The van der Waals surface area contributed by atoms with E-state index in [-0.39, 0.29) is 31.4 Å². The van der Waals surface area contributed by atoms with Gasteiger partial charge in [0.1, 0.15) is 18.1 Å². The molecule has 3 aromatic rings. The number of methoxy groups -OCH3 is 1. The number of carbonyl (C=O) groups is 3. The van der Waals surface area contributed by atoms with Gasteiger partial charge in [0.25, 0.3) is 5.91 Å². The highest BCUT2D eigenvalue weighted by molar-refractivity contribution is 5.98. The lowest BCUT2D eigenvalue weighted by atomic mass is 10.0. The fraction of sp³-hybridized carbons (Fsp3) is 0.300. The third-order valence-corrected chi connectivity index (χ3v) is 6.00. The molecular weight excluding hydrogens is 485 g/mol. The van der Waals surface area contributed by atoms with E-state index in [1.54, 1.807) is 55.6 Å². The molecule has 3 rings (SSSR count). The number of anilines is 1. The van der Waals surface area contributed by atoms with Crippen LogP contribution < -0.4 is 15.4 Å². The van der Waals surface area contributed by atoms with Gasteiger partial charge in [0.15, 0.2) is 0 Å². The summed E-state index contributed by atoms with van der Waals surface area (Å²) in [6, 6.07) is 20.0. The number of halogens is 1. The number of hydrogen-bond donors (Lipinski definition) is 2. The van der Waals surface area contributed by atoms with E-state index in [1.165, 1.54) is 17.0 Å². The van der Waals surface area contributed by atoms with Crippen LogP contribution in [0.15, 0.2) is 72.8 Å². The highest BCUT2D eigenvalue weighted by Gasteiger charge is 2.20. The van der Waals surface area contributed by atoms with Crippen molar-refractivity contribution in [1.82, 2.24) is 10.2 Å². The zero-order valence-electron chi connectivity index (χ0n) is 21.8. The van der Waals surface area contributed by atoms with Gasteiger partial charge in [-0.15, -0.1) is 0 Å². The van der Waals surface area contributed by atoms with Crippen molar-refractivity contribution in [3.8, 4) is 5.75 Å². The van der Waals surface area contributed by atoms with Gasteiger partial charge in [-0.3, -0.25) is 14.4 Å². The van der Waals surface area contributed by atoms with E-state index in [0.717, 1.165) is 31.2 Å². The van der Waals surface area contributed by atoms with Crippen LogP contribution >= 0.6 is 0 Å². The van der Waals surface area contributed by atoms with Crippen molar-refractivity contribution in [3.05, 3.63) is 95.3 Å². The Morgan fingerprint density at radius 2 is 1.50 bits per heavy atom. The number of amides is 3. The van der Waals surface area contributed by atoms with Crippen molar-refractivity contribution in [3.63, 3.8) is 0 Å². The minimum atomic E-state index is -0.485. The van der Waals surface area contributed by atoms with Crippen molar-refractivity contribution in [2.45, 2.75) is 39.2 Å². The summed E-state index contributed by atoms with van der Waals surface area (Å²) in [5.74, 6) is -0.938. The summed E-state index contributed by atoms with van der Waals surface area (Å²) in [5.41, 5.74) is 2.86. The Kier molecular flexibility index (Phi) is 10.8. The predicted octanol–water partition coefficient (Wildman–Crippen LogP) is 4.96. The zero-order chi connectivity index (χ0) is 27.3. The van der Waals surface area contributed by atoms with E-state index in [2.05, 4.69) is 17.6 Å². The average molecular weight is 520 g/mol. The molecular formula is C30H34FN3O4. The van der Waals surface area contributed by atoms with E-state index in [0.29, 0.717) is 22.6 Å². The summed E-state index contributed by atoms with van der Waals surface area (Å²) in [5, 5.41) is 5.26. The van der Waals surface area contributed by atoms with Crippen molar-refractivity contribution in [1.29, 1.82) is 0 Å². The van der Waals surface area contributed by atoms with E-state index >= 15 is 0 Å². The van der Waals surface area contributed by atoms with Gasteiger partial charge in [-0.05, 0) is 72.5 Å². The number of rotatable bonds is 13. The second-order valence-electron chi connectivity index (χ2n) is 9.00. The van der Waals surface area contributed by atoms with Crippen LogP contribution in [-0.4, -0.2) is 42.8 Å². The minimum absolute atomic E-state index is 0.114. The van der Waals surface area contributed by atoms with Crippen molar-refractivity contribution in [2.75, 3.05) is 25.5 Å². The molecule has 0 aliphatic rings. The molecule has 0 bridgehead atoms. The van der Waals surface area contributed by atoms with Crippen LogP contribution in [0, 0.1) is 5.82 Å². The quantitative estimate of drug-likeness (QED) is 0.312. The predicted molar refractivity (Wildman–Crippen MR) is 145 cm³/mol. The molecule has 0 spiro atoms. The summed E-state index contributed by atoms with van der Waals surface area (Å²) >= 11 is 0.